The van der Waals surface area contributed by atoms with Gasteiger partial charge in [0.2, 0.25) is 0 Å². The number of benzene rings is 1. The summed E-state index contributed by atoms with van der Waals surface area (Å²) in [5.41, 5.74) is -1.07. The van der Waals surface area contributed by atoms with E-state index in [1.165, 1.54) is 0 Å². The molecule has 1 heterocycles. The van der Waals surface area contributed by atoms with Crippen molar-refractivity contribution in [3.8, 4) is 0 Å². The third-order valence-electron chi connectivity index (χ3n) is 3.52. The number of carbonyl (C=O) groups is 2. The summed E-state index contributed by atoms with van der Waals surface area (Å²) < 4.78 is 4.98. The van der Waals surface area contributed by atoms with E-state index in [9.17, 15) is 14.7 Å². The van der Waals surface area contributed by atoms with Crippen LogP contribution in [0.4, 0.5) is 0 Å². The largest absolute Gasteiger partial charge is 0.479 e. The first-order valence-corrected chi connectivity index (χ1v) is 7.00. The average Bonchev–Trinajstić information content (AvgIpc) is 2.91. The number of aliphatic carboxylic acids is 1. The van der Waals surface area contributed by atoms with Gasteiger partial charge in [-0.1, -0.05) is 30.7 Å². The van der Waals surface area contributed by atoms with Crippen LogP contribution in [-0.2, 0) is 10.3 Å². The summed E-state index contributed by atoms with van der Waals surface area (Å²) in [7, 11) is 0. The number of nitrogens with zero attached hydrogens (tertiary/aromatic N) is 1. The summed E-state index contributed by atoms with van der Waals surface area (Å²) in [5, 5.41) is 12.7. The third-order valence-corrected chi connectivity index (χ3v) is 3.77. The highest BCUT2D eigenvalue weighted by Crippen LogP contribution is 2.27. The van der Waals surface area contributed by atoms with E-state index in [4.69, 9.17) is 16.0 Å². The second kappa shape index (κ2) is 6.19. The second-order valence-corrected chi connectivity index (χ2v) is 5.22. The molecule has 0 spiro atoms. The van der Waals surface area contributed by atoms with Gasteiger partial charge in [-0.2, -0.15) is 0 Å². The zero-order chi connectivity index (χ0) is 16.3. The van der Waals surface area contributed by atoms with Crippen molar-refractivity contribution in [1.29, 1.82) is 0 Å². The number of amides is 1. The highest BCUT2D eigenvalue weighted by atomic mass is 35.5. The summed E-state index contributed by atoms with van der Waals surface area (Å²) in [6, 6.07) is 6.32. The van der Waals surface area contributed by atoms with E-state index in [-0.39, 0.29) is 12.1 Å². The molecule has 1 unspecified atom stereocenters. The zero-order valence-electron chi connectivity index (χ0n) is 12.1. The molecule has 1 amide bonds. The van der Waals surface area contributed by atoms with Gasteiger partial charge in [0.25, 0.3) is 5.91 Å². The number of carboxylic acid groups (broad SMARTS) is 1. The van der Waals surface area contributed by atoms with Crippen LogP contribution in [0.1, 0.15) is 35.2 Å². The van der Waals surface area contributed by atoms with Crippen molar-refractivity contribution in [2.45, 2.75) is 25.8 Å². The number of carboxylic acids is 1. The molecule has 6 nitrogen and oxygen atoms in total. The van der Waals surface area contributed by atoms with E-state index in [0.29, 0.717) is 16.3 Å². The van der Waals surface area contributed by atoms with Crippen molar-refractivity contribution >= 4 is 23.5 Å². The predicted octanol–water partition coefficient (Wildman–Crippen LogP) is 2.76. The highest BCUT2D eigenvalue weighted by molar-refractivity contribution is 6.30. The summed E-state index contributed by atoms with van der Waals surface area (Å²) >= 11 is 5.84. The molecule has 2 rings (SSSR count). The molecular weight excluding hydrogens is 308 g/mol. The van der Waals surface area contributed by atoms with Crippen LogP contribution in [0.5, 0.6) is 0 Å². The lowest BCUT2D eigenvalue weighted by Gasteiger charge is -2.29. The molecule has 1 aromatic carbocycles. The fraction of sp³-hybridized carbons (Fsp3) is 0.267. The van der Waals surface area contributed by atoms with Crippen LogP contribution in [-0.4, -0.2) is 22.0 Å². The van der Waals surface area contributed by atoms with Gasteiger partial charge < -0.3 is 14.8 Å². The monoisotopic (exact) mass is 322 g/mol. The van der Waals surface area contributed by atoms with Gasteiger partial charge in [0.15, 0.2) is 17.6 Å². The average molecular weight is 323 g/mol. The van der Waals surface area contributed by atoms with Gasteiger partial charge in [-0.05, 0) is 31.0 Å². The fourth-order valence-electron chi connectivity index (χ4n) is 2.20. The lowest BCUT2D eigenvalue weighted by Crippen LogP contribution is -2.51. The molecule has 1 atom stereocenters. The molecule has 0 aliphatic rings. The molecular formula is C15H15ClN2O4. The predicted molar refractivity (Wildman–Crippen MR) is 79.8 cm³/mol. The number of rotatable bonds is 5. The Bertz CT molecular complexity index is 696. The van der Waals surface area contributed by atoms with Crippen LogP contribution in [0.25, 0.3) is 0 Å². The molecule has 0 radical (unpaired) electrons. The number of carbonyl (C=O) groups excluding carboxylic acids is 1. The number of halogens is 1. The highest BCUT2D eigenvalue weighted by Gasteiger charge is 2.41. The Balaban J connectivity index is 2.42. The van der Waals surface area contributed by atoms with E-state index in [1.807, 2.05) is 0 Å². The first-order valence-electron chi connectivity index (χ1n) is 6.62. The van der Waals surface area contributed by atoms with Crippen molar-refractivity contribution in [1.82, 2.24) is 10.3 Å². The third kappa shape index (κ3) is 2.82. The Morgan fingerprint density at radius 3 is 2.45 bits per heavy atom. The maximum atomic E-state index is 12.3. The molecule has 116 valence electrons. The van der Waals surface area contributed by atoms with Crippen LogP contribution in [0.15, 0.2) is 35.1 Å². The van der Waals surface area contributed by atoms with Gasteiger partial charge in [-0.15, -0.1) is 0 Å². The molecule has 22 heavy (non-hydrogen) atoms. The SMILES string of the molecule is CCC(NC(=O)c1ncoc1C)(C(=O)O)c1ccc(Cl)cc1. The quantitative estimate of drug-likeness (QED) is 0.883. The lowest BCUT2D eigenvalue weighted by molar-refractivity contribution is -0.145. The van der Waals surface area contributed by atoms with Crippen molar-refractivity contribution in [3.63, 3.8) is 0 Å². The Morgan fingerprint density at radius 1 is 1.36 bits per heavy atom. The van der Waals surface area contributed by atoms with Gasteiger partial charge in [0.1, 0.15) is 5.76 Å². The molecule has 2 N–H and O–H groups in total. The van der Waals surface area contributed by atoms with Gasteiger partial charge in [-0.3, -0.25) is 4.79 Å². The zero-order valence-corrected chi connectivity index (χ0v) is 12.8. The molecule has 0 aliphatic heterocycles. The molecule has 2 aromatic rings. The minimum atomic E-state index is -1.56. The molecule has 0 fully saturated rings. The lowest BCUT2D eigenvalue weighted by atomic mass is 9.87. The first kappa shape index (κ1) is 16.0. The summed E-state index contributed by atoms with van der Waals surface area (Å²) in [6.45, 7) is 3.26. The normalized spacial score (nSPS) is 13.4. The van der Waals surface area contributed by atoms with Crippen LogP contribution < -0.4 is 5.32 Å². The van der Waals surface area contributed by atoms with Crippen LogP contribution >= 0.6 is 11.6 Å². The smallest absolute Gasteiger partial charge is 0.334 e. The number of hydrogen-bond acceptors (Lipinski definition) is 4. The van der Waals surface area contributed by atoms with Gasteiger partial charge in [0, 0.05) is 5.02 Å². The number of nitrogens with one attached hydrogen (secondary N) is 1. The van der Waals surface area contributed by atoms with E-state index in [1.54, 1.807) is 38.1 Å². The van der Waals surface area contributed by atoms with Crippen molar-refractivity contribution in [3.05, 3.63) is 52.7 Å². The Labute approximate surface area is 132 Å². The van der Waals surface area contributed by atoms with Gasteiger partial charge >= 0.3 is 5.97 Å². The van der Waals surface area contributed by atoms with E-state index >= 15 is 0 Å². The number of aromatic nitrogens is 1. The number of aryl methyl sites for hydroxylation is 1. The summed E-state index contributed by atoms with van der Waals surface area (Å²) in [5.74, 6) is -1.44. The number of hydrogen-bond donors (Lipinski definition) is 2. The van der Waals surface area contributed by atoms with Crippen molar-refractivity contribution < 1.29 is 19.1 Å². The van der Waals surface area contributed by atoms with Gasteiger partial charge in [-0.25, -0.2) is 9.78 Å². The van der Waals surface area contributed by atoms with Crippen molar-refractivity contribution in [2.75, 3.05) is 0 Å². The van der Waals surface area contributed by atoms with E-state index in [2.05, 4.69) is 10.3 Å². The van der Waals surface area contributed by atoms with Crippen LogP contribution in [0.2, 0.25) is 5.02 Å². The Kier molecular flexibility index (Phi) is 4.51. The molecule has 1 aromatic heterocycles. The number of oxazole rings is 1. The Hall–Kier alpha value is -2.34. The molecule has 0 saturated heterocycles. The second-order valence-electron chi connectivity index (χ2n) is 4.78. The minimum Gasteiger partial charge on any atom is -0.479 e. The van der Waals surface area contributed by atoms with Crippen molar-refractivity contribution in [2.24, 2.45) is 0 Å². The van der Waals surface area contributed by atoms with Crippen LogP contribution in [0.3, 0.4) is 0 Å². The van der Waals surface area contributed by atoms with Crippen LogP contribution in [0, 0.1) is 6.92 Å². The maximum Gasteiger partial charge on any atom is 0.334 e. The fourth-order valence-corrected chi connectivity index (χ4v) is 2.33. The van der Waals surface area contributed by atoms with Gasteiger partial charge in [0.05, 0.1) is 0 Å². The Morgan fingerprint density at radius 2 is 2.00 bits per heavy atom. The molecule has 0 aliphatic carbocycles. The molecule has 7 heteroatoms. The summed E-state index contributed by atoms with van der Waals surface area (Å²) in [4.78, 5) is 28.0. The maximum absolute atomic E-state index is 12.3. The van der Waals surface area contributed by atoms with E-state index in [0.717, 1.165) is 6.39 Å². The minimum absolute atomic E-state index is 0.0630. The first-order chi connectivity index (χ1) is 10.4. The topological polar surface area (TPSA) is 92.4 Å². The molecule has 0 saturated carbocycles. The standard InChI is InChI=1S/C15H15ClN2O4/c1-3-15(14(20)21,10-4-6-11(16)7-5-10)18-13(19)12-9(2)22-8-17-12/h4-8H,3H2,1-2H3,(H,18,19)(H,20,21). The van der Waals surface area contributed by atoms with E-state index < -0.39 is 17.4 Å². The molecule has 0 bridgehead atoms. The summed E-state index contributed by atoms with van der Waals surface area (Å²) in [6.07, 6.45) is 1.30.